The molecule has 8 nitrogen and oxygen atoms in total. The Hall–Kier alpha value is -4.15. The molecular weight excluding hydrogens is 491 g/mol. The van der Waals surface area contributed by atoms with Gasteiger partial charge in [-0.25, -0.2) is 9.59 Å². The van der Waals surface area contributed by atoms with Crippen LogP contribution in [0.4, 0.5) is 18.9 Å². The summed E-state index contributed by atoms with van der Waals surface area (Å²) < 4.78 is 47.1. The molecule has 1 aromatic heterocycles. The molecule has 0 saturated carbocycles. The summed E-state index contributed by atoms with van der Waals surface area (Å²) in [4.78, 5) is 52.8. The zero-order valence-corrected chi connectivity index (χ0v) is 20.4. The Morgan fingerprint density at radius 1 is 1.08 bits per heavy atom. The molecule has 37 heavy (non-hydrogen) atoms. The first-order valence-electron chi connectivity index (χ1n) is 11.5. The van der Waals surface area contributed by atoms with Crippen molar-refractivity contribution >= 4 is 17.6 Å². The number of rotatable bonds is 5. The van der Waals surface area contributed by atoms with E-state index in [9.17, 15) is 32.3 Å². The number of aromatic nitrogens is 2. The minimum absolute atomic E-state index is 0.0245. The third kappa shape index (κ3) is 4.81. The topological polar surface area (TPSA) is 90.6 Å². The van der Waals surface area contributed by atoms with Gasteiger partial charge in [-0.2, -0.15) is 13.2 Å². The van der Waals surface area contributed by atoms with E-state index in [1.807, 2.05) is 0 Å². The Labute approximate surface area is 209 Å². The second-order valence-electron chi connectivity index (χ2n) is 8.66. The van der Waals surface area contributed by atoms with Crippen LogP contribution in [-0.2, 0) is 28.7 Å². The molecule has 0 fully saturated rings. The fourth-order valence-electron chi connectivity index (χ4n) is 4.40. The van der Waals surface area contributed by atoms with E-state index in [0.717, 1.165) is 27.0 Å². The second-order valence-corrected chi connectivity index (χ2v) is 8.66. The molecule has 2 aromatic carbocycles. The summed E-state index contributed by atoms with van der Waals surface area (Å²) in [6.07, 6.45) is -2.81. The van der Waals surface area contributed by atoms with Gasteiger partial charge in [0, 0.05) is 25.4 Å². The second kappa shape index (κ2) is 9.72. The van der Waals surface area contributed by atoms with Crippen molar-refractivity contribution in [2.45, 2.75) is 39.4 Å². The minimum atomic E-state index is -4.62. The summed E-state index contributed by atoms with van der Waals surface area (Å²) in [5.74, 6) is -1.01. The summed E-state index contributed by atoms with van der Waals surface area (Å²) in [7, 11) is 1.64. The zero-order valence-electron chi connectivity index (χ0n) is 20.4. The van der Waals surface area contributed by atoms with E-state index in [4.69, 9.17) is 4.74 Å². The number of fused-ring (bicyclic) bond motifs is 1. The van der Waals surface area contributed by atoms with Crippen LogP contribution in [0, 0.1) is 6.92 Å². The number of benzene rings is 2. The fraction of sp³-hybridized carbons (Fsp3) is 0.308. The number of carbonyl (C=O) groups excluding carboxylic acids is 2. The molecule has 0 aliphatic carbocycles. The maximum absolute atomic E-state index is 13.5. The predicted molar refractivity (Wildman–Crippen MR) is 129 cm³/mol. The molecule has 0 radical (unpaired) electrons. The fourth-order valence-corrected chi connectivity index (χ4v) is 4.40. The quantitative estimate of drug-likeness (QED) is 0.486. The van der Waals surface area contributed by atoms with E-state index in [1.54, 1.807) is 32.2 Å². The monoisotopic (exact) mass is 515 g/mol. The van der Waals surface area contributed by atoms with Gasteiger partial charge in [-0.1, -0.05) is 12.1 Å². The lowest BCUT2D eigenvalue weighted by atomic mass is 10.0. The summed E-state index contributed by atoms with van der Waals surface area (Å²) in [6, 6.07) is 8.41. The van der Waals surface area contributed by atoms with Crippen LogP contribution >= 0.6 is 0 Å². The molecule has 0 N–H and O–H groups in total. The van der Waals surface area contributed by atoms with Crippen LogP contribution in [-0.4, -0.2) is 34.7 Å². The first-order chi connectivity index (χ1) is 17.4. The molecular formula is C26H24F3N3O5. The molecule has 0 spiro atoms. The zero-order chi connectivity index (χ0) is 27.1. The lowest BCUT2D eigenvalue weighted by Gasteiger charge is -2.26. The van der Waals surface area contributed by atoms with Crippen molar-refractivity contribution in [2.75, 3.05) is 18.6 Å². The number of anilines is 1. The van der Waals surface area contributed by atoms with Crippen LogP contribution in [0.1, 0.15) is 46.0 Å². The smallest absolute Gasteiger partial charge is 0.416 e. The Morgan fingerprint density at radius 2 is 1.81 bits per heavy atom. The van der Waals surface area contributed by atoms with Crippen molar-refractivity contribution in [1.29, 1.82) is 0 Å². The molecule has 0 atom stereocenters. The van der Waals surface area contributed by atoms with E-state index in [1.165, 1.54) is 24.0 Å². The number of aryl methyl sites for hydroxylation is 1. The van der Waals surface area contributed by atoms with E-state index in [2.05, 4.69) is 0 Å². The predicted octanol–water partition coefficient (Wildman–Crippen LogP) is 3.46. The summed E-state index contributed by atoms with van der Waals surface area (Å²) in [5.41, 5.74) is -1.36. The normalized spacial score (nSPS) is 13.5. The highest BCUT2D eigenvalue weighted by Gasteiger charge is 2.33. The molecule has 2 heterocycles. The standard InChI is InChI=1S/C26H24F3N3O5/c1-4-37-24(35)19-14-31(18-9-10-21-16(12-18)8-11-22(33)30(21)3)25(36)32(23(19)34)13-17-6-5-7-20(15(17)2)26(27,28)29/h5-7,9-10,12,14H,4,8,11,13H2,1-3H3. The first kappa shape index (κ1) is 25.9. The lowest BCUT2D eigenvalue weighted by Crippen LogP contribution is -2.42. The molecule has 1 aliphatic heterocycles. The number of ether oxygens (including phenoxy) is 1. The van der Waals surface area contributed by atoms with Crippen LogP contribution in [0.25, 0.3) is 5.69 Å². The molecule has 3 aromatic rings. The van der Waals surface area contributed by atoms with Crippen LogP contribution in [0.5, 0.6) is 0 Å². The van der Waals surface area contributed by atoms with Crippen LogP contribution < -0.4 is 16.1 Å². The largest absolute Gasteiger partial charge is 0.462 e. The first-order valence-corrected chi connectivity index (χ1v) is 11.5. The van der Waals surface area contributed by atoms with Gasteiger partial charge in [-0.05, 0) is 61.2 Å². The van der Waals surface area contributed by atoms with Crippen molar-refractivity contribution in [1.82, 2.24) is 9.13 Å². The lowest BCUT2D eigenvalue weighted by molar-refractivity contribution is -0.138. The number of carbonyl (C=O) groups is 2. The molecule has 1 amide bonds. The van der Waals surface area contributed by atoms with Crippen LogP contribution in [0.2, 0.25) is 0 Å². The van der Waals surface area contributed by atoms with E-state index >= 15 is 0 Å². The van der Waals surface area contributed by atoms with Crippen molar-refractivity contribution in [3.8, 4) is 5.69 Å². The van der Waals surface area contributed by atoms with Gasteiger partial charge >= 0.3 is 17.8 Å². The Kier molecular flexibility index (Phi) is 6.81. The van der Waals surface area contributed by atoms with Crippen LogP contribution in [0.3, 0.4) is 0 Å². The van der Waals surface area contributed by atoms with E-state index < -0.39 is 41.1 Å². The van der Waals surface area contributed by atoms with Gasteiger partial charge in [0.05, 0.1) is 24.4 Å². The third-order valence-corrected chi connectivity index (χ3v) is 6.43. The SMILES string of the molecule is CCOC(=O)c1cn(-c2ccc3c(c2)CCC(=O)N3C)c(=O)n(Cc2cccc(C(F)(F)F)c2C)c1=O. The van der Waals surface area contributed by atoms with Gasteiger partial charge in [0.15, 0.2) is 0 Å². The Bertz CT molecular complexity index is 1520. The molecule has 0 bridgehead atoms. The molecule has 0 saturated heterocycles. The highest BCUT2D eigenvalue weighted by Crippen LogP contribution is 2.33. The Morgan fingerprint density at radius 3 is 2.49 bits per heavy atom. The average Bonchev–Trinajstić information content (AvgIpc) is 2.84. The number of nitrogens with zero attached hydrogens (tertiary/aromatic N) is 3. The molecule has 0 unspecified atom stereocenters. The number of hydrogen-bond acceptors (Lipinski definition) is 5. The number of amides is 1. The highest BCUT2D eigenvalue weighted by atomic mass is 19.4. The maximum atomic E-state index is 13.5. The summed E-state index contributed by atoms with van der Waals surface area (Å²) >= 11 is 0. The Balaban J connectivity index is 1.90. The number of halogens is 3. The van der Waals surface area contributed by atoms with Gasteiger partial charge < -0.3 is 9.64 Å². The molecule has 194 valence electrons. The number of hydrogen-bond donors (Lipinski definition) is 0. The summed E-state index contributed by atoms with van der Waals surface area (Å²) in [5, 5.41) is 0. The van der Waals surface area contributed by atoms with Crippen molar-refractivity contribution in [3.05, 3.63) is 91.3 Å². The van der Waals surface area contributed by atoms with E-state index in [-0.39, 0.29) is 30.1 Å². The number of alkyl halides is 3. The van der Waals surface area contributed by atoms with Crippen molar-refractivity contribution in [3.63, 3.8) is 0 Å². The van der Waals surface area contributed by atoms with E-state index in [0.29, 0.717) is 17.8 Å². The minimum Gasteiger partial charge on any atom is -0.462 e. The van der Waals surface area contributed by atoms with Gasteiger partial charge in [-0.15, -0.1) is 0 Å². The summed E-state index contributed by atoms with van der Waals surface area (Å²) in [6.45, 7) is 2.31. The average molecular weight is 515 g/mol. The molecule has 4 rings (SSSR count). The molecule has 11 heteroatoms. The van der Waals surface area contributed by atoms with Crippen LogP contribution in [0.15, 0.2) is 52.2 Å². The van der Waals surface area contributed by atoms with Gasteiger partial charge in [-0.3, -0.25) is 18.7 Å². The number of esters is 1. The molecule has 1 aliphatic rings. The van der Waals surface area contributed by atoms with Crippen molar-refractivity contribution in [2.24, 2.45) is 0 Å². The van der Waals surface area contributed by atoms with Crippen molar-refractivity contribution < 1.29 is 27.5 Å². The third-order valence-electron chi connectivity index (χ3n) is 6.43. The van der Waals surface area contributed by atoms with Gasteiger partial charge in [0.1, 0.15) is 5.56 Å². The van der Waals surface area contributed by atoms with Gasteiger partial charge in [0.25, 0.3) is 5.56 Å². The van der Waals surface area contributed by atoms with Gasteiger partial charge in [0.2, 0.25) is 5.91 Å². The maximum Gasteiger partial charge on any atom is 0.416 e. The highest BCUT2D eigenvalue weighted by molar-refractivity contribution is 5.96.